The Kier molecular flexibility index (Phi) is 11.4. The minimum absolute atomic E-state index is 0.124. The first kappa shape index (κ1) is 36.3. The molecule has 4 bridgehead atoms. The molecule has 4 unspecified atom stereocenters. The molecule has 4 amide bonds. The van der Waals surface area contributed by atoms with Crippen LogP contribution in [-0.2, 0) is 16.0 Å². The zero-order valence-electron chi connectivity index (χ0n) is 30.5. The largest absolute Gasteiger partial charge is 0.444 e. The molecule has 1 aromatic rings. The van der Waals surface area contributed by atoms with E-state index in [0.717, 1.165) is 82.9 Å². The predicted molar refractivity (Wildman–Crippen MR) is 194 cm³/mol. The summed E-state index contributed by atoms with van der Waals surface area (Å²) in [5.74, 6) is 0.183. The Morgan fingerprint density at radius 2 is 1.37 bits per heavy atom. The number of amides is 4. The molecule has 5 aliphatic rings. The Morgan fingerprint density at radius 3 is 1.90 bits per heavy atom. The van der Waals surface area contributed by atoms with Crippen molar-refractivity contribution in [3.63, 3.8) is 0 Å². The topological polar surface area (TPSA) is 85.4 Å². The highest BCUT2D eigenvalue weighted by Gasteiger charge is 2.50. The van der Waals surface area contributed by atoms with E-state index in [0.29, 0.717) is 17.5 Å². The van der Waals surface area contributed by atoms with Gasteiger partial charge in [0.15, 0.2) is 0 Å². The molecular weight excluding hydrogens is 638 g/mol. The molecule has 1 aromatic carbocycles. The molecule has 5 atom stereocenters. The van der Waals surface area contributed by atoms with Gasteiger partial charge >= 0.3 is 12.1 Å². The fourth-order valence-electron chi connectivity index (χ4n) is 9.83. The van der Waals surface area contributed by atoms with Gasteiger partial charge in [-0.25, -0.2) is 9.59 Å². The number of hydrogen-bond donors (Lipinski definition) is 1. The maximum absolute atomic E-state index is 14.8. The minimum Gasteiger partial charge on any atom is -0.444 e. The summed E-state index contributed by atoms with van der Waals surface area (Å²) in [6, 6.07) is 8.83. The van der Waals surface area contributed by atoms with Crippen LogP contribution in [0.1, 0.15) is 124 Å². The van der Waals surface area contributed by atoms with Crippen molar-refractivity contribution >= 4 is 29.6 Å². The van der Waals surface area contributed by atoms with Crippen LogP contribution in [0.2, 0.25) is 5.02 Å². The summed E-state index contributed by atoms with van der Waals surface area (Å²) < 4.78 is 5.78. The number of nitrogens with one attached hydrogen (secondary N) is 1. The molecule has 1 N–H and O–H groups in total. The number of carbonyl (C=O) groups is 3. The van der Waals surface area contributed by atoms with Gasteiger partial charge in [0, 0.05) is 60.4 Å². The lowest BCUT2D eigenvalue weighted by molar-refractivity contribution is -0.139. The Labute approximate surface area is 299 Å². The number of hydrogen-bond acceptors (Lipinski definition) is 5. The first-order valence-electron chi connectivity index (χ1n) is 19.4. The molecule has 9 nitrogen and oxygen atoms in total. The van der Waals surface area contributed by atoms with Crippen LogP contribution in [0.5, 0.6) is 0 Å². The Morgan fingerprint density at radius 1 is 0.816 bits per heavy atom. The Bertz CT molecular complexity index is 1280. The highest BCUT2D eigenvalue weighted by molar-refractivity contribution is 6.30. The van der Waals surface area contributed by atoms with Gasteiger partial charge < -0.3 is 29.7 Å². The number of fused-ring (bicyclic) bond motifs is 4. The lowest BCUT2D eigenvalue weighted by Crippen LogP contribution is -2.62. The van der Waals surface area contributed by atoms with E-state index in [2.05, 4.69) is 29.0 Å². The fraction of sp³-hybridized carbons (Fsp3) is 0.769. The minimum atomic E-state index is -0.527. The number of nitrogens with zero attached hydrogens (tertiary/aromatic N) is 4. The van der Waals surface area contributed by atoms with Crippen LogP contribution in [0, 0.1) is 0 Å². The standard InChI is InChI=1S/C39H60ClN5O4/c1-6-42(7-2)37(47)44(29-11-9-8-10-12-29)34-24-32-19-20-33(25-34)43(32)36(46)35(21-26-13-15-27(40)16-14-26)41-28-22-30-17-18-31(23-28)45(30)38(48)49-39(3,4)5/h13-16,28-35,41H,6-12,17-25H2,1-5H3/t28?,30?,31?,32?,33?,34?,35-/m1/s1. The third kappa shape index (κ3) is 8.19. The van der Waals surface area contributed by atoms with Crippen LogP contribution in [0.15, 0.2) is 24.3 Å². The van der Waals surface area contributed by atoms with Crippen molar-refractivity contribution in [3.8, 4) is 0 Å². The Balaban J connectivity index is 1.18. The van der Waals surface area contributed by atoms with Gasteiger partial charge in [0.2, 0.25) is 5.91 Å². The normalized spacial score (nSPS) is 29.1. The van der Waals surface area contributed by atoms with E-state index in [1.54, 1.807) is 0 Å². The SMILES string of the molecule is CCN(CC)C(=O)N(C1CCCCC1)C1CC2CCC(C1)N2C(=O)[C@@H](Cc1ccc(Cl)cc1)NC1CC2CCC(C1)N2C(=O)OC(C)(C)C. The highest BCUT2D eigenvalue weighted by Crippen LogP contribution is 2.41. The number of benzene rings is 1. The summed E-state index contributed by atoms with van der Waals surface area (Å²) in [4.78, 5) is 50.4. The van der Waals surface area contributed by atoms with Crippen LogP contribution >= 0.6 is 11.6 Å². The highest BCUT2D eigenvalue weighted by atomic mass is 35.5. The lowest BCUT2D eigenvalue weighted by Gasteiger charge is -2.48. The summed E-state index contributed by atoms with van der Waals surface area (Å²) in [7, 11) is 0. The summed E-state index contributed by atoms with van der Waals surface area (Å²) >= 11 is 6.24. The van der Waals surface area contributed by atoms with Crippen molar-refractivity contribution in [1.29, 1.82) is 0 Å². The van der Waals surface area contributed by atoms with Crippen molar-refractivity contribution in [2.24, 2.45) is 0 Å². The first-order chi connectivity index (χ1) is 23.5. The van der Waals surface area contributed by atoms with Crippen LogP contribution in [0.25, 0.3) is 0 Å². The second kappa shape index (κ2) is 15.4. The molecular formula is C39H60ClN5O4. The molecule has 0 aromatic heterocycles. The summed E-state index contributed by atoms with van der Waals surface area (Å²) in [5, 5.41) is 4.54. The van der Waals surface area contributed by atoms with E-state index in [4.69, 9.17) is 16.3 Å². The van der Waals surface area contributed by atoms with Crippen LogP contribution in [0.3, 0.4) is 0 Å². The fourth-order valence-corrected chi connectivity index (χ4v) is 9.95. The van der Waals surface area contributed by atoms with Gasteiger partial charge in [0.1, 0.15) is 5.60 Å². The quantitative estimate of drug-likeness (QED) is 0.291. The molecule has 4 aliphatic heterocycles. The van der Waals surface area contributed by atoms with Crippen LogP contribution < -0.4 is 5.32 Å². The number of urea groups is 1. The zero-order chi connectivity index (χ0) is 34.9. The zero-order valence-corrected chi connectivity index (χ0v) is 31.3. The maximum atomic E-state index is 14.8. The van der Waals surface area contributed by atoms with Crippen LogP contribution in [-0.4, -0.2) is 105 Å². The van der Waals surface area contributed by atoms with Crippen molar-refractivity contribution in [3.05, 3.63) is 34.9 Å². The summed E-state index contributed by atoms with van der Waals surface area (Å²) in [6.07, 6.45) is 13.5. The maximum Gasteiger partial charge on any atom is 0.410 e. The molecule has 4 heterocycles. The molecule has 272 valence electrons. The number of halogens is 1. The molecule has 1 saturated carbocycles. The number of ether oxygens (including phenoxy) is 1. The molecule has 10 heteroatoms. The van der Waals surface area contributed by atoms with Crippen molar-refractivity contribution in [2.45, 2.75) is 178 Å². The predicted octanol–water partition coefficient (Wildman–Crippen LogP) is 7.39. The average molecular weight is 698 g/mol. The van der Waals surface area contributed by atoms with Crippen LogP contribution in [0.4, 0.5) is 9.59 Å². The van der Waals surface area contributed by atoms with E-state index in [1.165, 1.54) is 19.3 Å². The Hall–Kier alpha value is -2.52. The smallest absolute Gasteiger partial charge is 0.410 e. The molecule has 1 aliphatic carbocycles. The van der Waals surface area contributed by atoms with E-state index < -0.39 is 5.60 Å². The molecule has 6 rings (SSSR count). The lowest BCUT2D eigenvalue weighted by atomic mass is 9.89. The molecule has 0 spiro atoms. The second-order valence-corrected chi connectivity index (χ2v) is 16.8. The van der Waals surface area contributed by atoms with Crippen molar-refractivity contribution < 1.29 is 19.1 Å². The molecule has 4 saturated heterocycles. The van der Waals surface area contributed by atoms with E-state index >= 15 is 0 Å². The number of piperidine rings is 2. The summed E-state index contributed by atoms with van der Waals surface area (Å²) in [5.41, 5.74) is 0.556. The van der Waals surface area contributed by atoms with Gasteiger partial charge in [-0.05, 0) is 123 Å². The molecule has 49 heavy (non-hydrogen) atoms. The van der Waals surface area contributed by atoms with Gasteiger partial charge in [-0.15, -0.1) is 0 Å². The van der Waals surface area contributed by atoms with Gasteiger partial charge in [-0.2, -0.15) is 0 Å². The van der Waals surface area contributed by atoms with Crippen molar-refractivity contribution in [2.75, 3.05) is 13.1 Å². The number of carbonyl (C=O) groups excluding carboxylic acids is 3. The monoisotopic (exact) mass is 697 g/mol. The van der Waals surface area contributed by atoms with Gasteiger partial charge in [-0.3, -0.25) is 4.79 Å². The van der Waals surface area contributed by atoms with Gasteiger partial charge in [-0.1, -0.05) is 43.0 Å². The first-order valence-corrected chi connectivity index (χ1v) is 19.7. The van der Waals surface area contributed by atoms with Gasteiger partial charge in [0.25, 0.3) is 0 Å². The molecule has 0 radical (unpaired) electrons. The van der Waals surface area contributed by atoms with E-state index in [9.17, 15) is 14.4 Å². The van der Waals surface area contributed by atoms with Crippen molar-refractivity contribution in [1.82, 2.24) is 24.9 Å². The molecule has 5 fully saturated rings. The average Bonchev–Trinajstić information content (AvgIpc) is 3.49. The second-order valence-electron chi connectivity index (χ2n) is 16.4. The number of rotatable bonds is 9. The van der Waals surface area contributed by atoms with Gasteiger partial charge in [0.05, 0.1) is 6.04 Å². The van der Waals surface area contributed by atoms with E-state index in [1.807, 2.05) is 54.8 Å². The summed E-state index contributed by atoms with van der Waals surface area (Å²) in [6.45, 7) is 11.3. The van der Waals surface area contributed by atoms with E-state index in [-0.39, 0.29) is 60.3 Å². The third-order valence-electron chi connectivity index (χ3n) is 12.0. The third-order valence-corrected chi connectivity index (χ3v) is 12.3.